The van der Waals surface area contributed by atoms with Crippen molar-refractivity contribution in [1.82, 2.24) is 0 Å². The smallest absolute Gasteiger partial charge is 0.312 e. The van der Waals surface area contributed by atoms with Gasteiger partial charge in [-0.25, -0.2) is 0 Å². The van der Waals surface area contributed by atoms with Gasteiger partial charge < -0.3 is 20.3 Å². The summed E-state index contributed by atoms with van der Waals surface area (Å²) in [5, 5.41) is 9.07. The van der Waals surface area contributed by atoms with E-state index in [0.29, 0.717) is 17.1 Å². The van der Waals surface area contributed by atoms with E-state index in [9.17, 15) is 4.79 Å². The first-order valence-corrected chi connectivity index (χ1v) is 4.96. The molecule has 0 saturated carbocycles. The van der Waals surface area contributed by atoms with Crippen molar-refractivity contribution in [3.63, 3.8) is 0 Å². The highest BCUT2D eigenvalue weighted by atomic mass is 16.7. The summed E-state index contributed by atoms with van der Waals surface area (Å²) in [6.45, 7) is 2.04. The second kappa shape index (κ2) is 4.02. The minimum atomic E-state index is -0.953. The maximum absolute atomic E-state index is 11.1. The fourth-order valence-electron chi connectivity index (χ4n) is 1.80. The third kappa shape index (κ3) is 1.69. The molecule has 0 fully saturated rings. The molecule has 1 heterocycles. The summed E-state index contributed by atoms with van der Waals surface area (Å²) in [7, 11) is 0. The number of carboxylic acids is 1. The SMILES string of the molecule is Cc1cc2c(c(C(CN)C(=O)O)c1)OCO2. The molecule has 2 rings (SSSR count). The van der Waals surface area contributed by atoms with Crippen LogP contribution in [-0.4, -0.2) is 24.4 Å². The van der Waals surface area contributed by atoms with Gasteiger partial charge in [0.25, 0.3) is 0 Å². The average molecular weight is 223 g/mol. The number of hydrogen-bond acceptors (Lipinski definition) is 4. The lowest BCUT2D eigenvalue weighted by atomic mass is 9.96. The van der Waals surface area contributed by atoms with Crippen LogP contribution in [-0.2, 0) is 4.79 Å². The first-order chi connectivity index (χ1) is 7.63. The monoisotopic (exact) mass is 223 g/mol. The van der Waals surface area contributed by atoms with Crippen LogP contribution < -0.4 is 15.2 Å². The van der Waals surface area contributed by atoms with Crippen molar-refractivity contribution in [2.45, 2.75) is 12.8 Å². The number of hydrogen-bond donors (Lipinski definition) is 2. The lowest BCUT2D eigenvalue weighted by Gasteiger charge is -2.13. The molecule has 0 aromatic heterocycles. The summed E-state index contributed by atoms with van der Waals surface area (Å²) in [4.78, 5) is 11.1. The van der Waals surface area contributed by atoms with E-state index in [2.05, 4.69) is 0 Å². The number of carboxylic acid groups (broad SMARTS) is 1. The summed E-state index contributed by atoms with van der Waals surface area (Å²) in [5.41, 5.74) is 6.99. The lowest BCUT2D eigenvalue weighted by molar-refractivity contribution is -0.138. The molecule has 0 aliphatic carbocycles. The molecule has 5 heteroatoms. The third-order valence-electron chi connectivity index (χ3n) is 2.55. The van der Waals surface area contributed by atoms with Gasteiger partial charge in [0.1, 0.15) is 0 Å². The number of aryl methyl sites for hydroxylation is 1. The van der Waals surface area contributed by atoms with Gasteiger partial charge in [-0.3, -0.25) is 4.79 Å². The second-order valence-corrected chi connectivity index (χ2v) is 3.71. The maximum atomic E-state index is 11.1. The van der Waals surface area contributed by atoms with Crippen LogP contribution in [0.15, 0.2) is 12.1 Å². The number of ether oxygens (including phenoxy) is 2. The van der Waals surface area contributed by atoms with Crippen molar-refractivity contribution >= 4 is 5.97 Å². The quantitative estimate of drug-likeness (QED) is 0.793. The van der Waals surface area contributed by atoms with Gasteiger partial charge >= 0.3 is 5.97 Å². The molecular weight excluding hydrogens is 210 g/mol. The van der Waals surface area contributed by atoms with E-state index < -0.39 is 11.9 Å². The van der Waals surface area contributed by atoms with E-state index in [0.717, 1.165) is 5.56 Å². The van der Waals surface area contributed by atoms with Crippen LogP contribution in [0.3, 0.4) is 0 Å². The van der Waals surface area contributed by atoms with Gasteiger partial charge in [0.05, 0.1) is 5.92 Å². The van der Waals surface area contributed by atoms with Gasteiger partial charge in [0.15, 0.2) is 11.5 Å². The summed E-state index contributed by atoms with van der Waals surface area (Å²) in [5.74, 6) is -0.612. The summed E-state index contributed by atoms with van der Waals surface area (Å²) in [6.07, 6.45) is 0. The average Bonchev–Trinajstić information content (AvgIpc) is 2.65. The Balaban J connectivity index is 2.51. The first kappa shape index (κ1) is 10.8. The van der Waals surface area contributed by atoms with Crippen molar-refractivity contribution in [3.05, 3.63) is 23.3 Å². The number of carbonyl (C=O) groups is 1. The van der Waals surface area contributed by atoms with Gasteiger partial charge in [-0.2, -0.15) is 0 Å². The normalized spacial score (nSPS) is 14.9. The Bertz CT molecular complexity index is 430. The van der Waals surface area contributed by atoms with Gasteiger partial charge in [0, 0.05) is 12.1 Å². The Morgan fingerprint density at radius 1 is 1.56 bits per heavy atom. The highest BCUT2D eigenvalue weighted by Gasteiger charge is 2.27. The minimum Gasteiger partial charge on any atom is -0.481 e. The van der Waals surface area contributed by atoms with Gasteiger partial charge in [0.2, 0.25) is 6.79 Å². The zero-order valence-electron chi connectivity index (χ0n) is 8.90. The van der Waals surface area contributed by atoms with E-state index in [1.165, 1.54) is 0 Å². The van der Waals surface area contributed by atoms with Crippen LogP contribution >= 0.6 is 0 Å². The molecule has 1 unspecified atom stereocenters. The Morgan fingerprint density at radius 2 is 2.31 bits per heavy atom. The van der Waals surface area contributed by atoms with Gasteiger partial charge in [-0.1, -0.05) is 6.07 Å². The van der Waals surface area contributed by atoms with Crippen LogP contribution in [0.25, 0.3) is 0 Å². The summed E-state index contributed by atoms with van der Waals surface area (Å²) in [6, 6.07) is 3.60. The molecule has 0 amide bonds. The molecule has 0 radical (unpaired) electrons. The highest BCUT2D eigenvalue weighted by Crippen LogP contribution is 2.40. The van der Waals surface area contributed by atoms with E-state index in [1.807, 2.05) is 13.0 Å². The van der Waals surface area contributed by atoms with Gasteiger partial charge in [-0.15, -0.1) is 0 Å². The molecule has 1 aromatic rings. The molecule has 0 saturated heterocycles. The minimum absolute atomic E-state index is 0.0363. The molecule has 1 aromatic carbocycles. The Morgan fingerprint density at radius 3 is 2.94 bits per heavy atom. The fraction of sp³-hybridized carbons (Fsp3) is 0.364. The van der Waals surface area contributed by atoms with Crippen molar-refractivity contribution < 1.29 is 19.4 Å². The van der Waals surface area contributed by atoms with Crippen LogP contribution in [0.4, 0.5) is 0 Å². The van der Waals surface area contributed by atoms with E-state index >= 15 is 0 Å². The zero-order chi connectivity index (χ0) is 11.7. The number of benzene rings is 1. The summed E-state index contributed by atoms with van der Waals surface area (Å²) < 4.78 is 10.5. The molecule has 1 aliphatic rings. The molecule has 1 aliphatic heterocycles. The second-order valence-electron chi connectivity index (χ2n) is 3.71. The van der Waals surface area contributed by atoms with E-state index in [-0.39, 0.29) is 13.3 Å². The summed E-state index contributed by atoms with van der Waals surface area (Å²) >= 11 is 0. The molecule has 1 atom stereocenters. The Hall–Kier alpha value is -1.75. The van der Waals surface area contributed by atoms with Crippen LogP contribution in [0.2, 0.25) is 0 Å². The molecule has 0 spiro atoms. The molecule has 3 N–H and O–H groups in total. The Kier molecular flexibility index (Phi) is 2.70. The van der Waals surface area contributed by atoms with Crippen molar-refractivity contribution in [2.24, 2.45) is 5.73 Å². The van der Waals surface area contributed by atoms with Crippen molar-refractivity contribution in [2.75, 3.05) is 13.3 Å². The van der Waals surface area contributed by atoms with E-state index in [4.69, 9.17) is 20.3 Å². The zero-order valence-corrected chi connectivity index (χ0v) is 8.90. The molecule has 86 valence electrons. The number of aliphatic carboxylic acids is 1. The predicted octanol–water partition coefficient (Wildman–Crippen LogP) is 0.851. The van der Waals surface area contributed by atoms with Crippen LogP contribution in [0.5, 0.6) is 11.5 Å². The topological polar surface area (TPSA) is 81.8 Å². The molecular formula is C11H13NO4. The molecule has 16 heavy (non-hydrogen) atoms. The number of rotatable bonds is 3. The van der Waals surface area contributed by atoms with Crippen molar-refractivity contribution in [3.8, 4) is 11.5 Å². The van der Waals surface area contributed by atoms with E-state index in [1.54, 1.807) is 6.07 Å². The largest absolute Gasteiger partial charge is 0.481 e. The molecule has 5 nitrogen and oxygen atoms in total. The number of nitrogens with two attached hydrogens (primary N) is 1. The highest BCUT2D eigenvalue weighted by molar-refractivity contribution is 5.78. The first-order valence-electron chi connectivity index (χ1n) is 4.96. The van der Waals surface area contributed by atoms with Crippen molar-refractivity contribution in [1.29, 1.82) is 0 Å². The van der Waals surface area contributed by atoms with Crippen LogP contribution in [0, 0.1) is 6.92 Å². The number of fused-ring (bicyclic) bond motifs is 1. The van der Waals surface area contributed by atoms with Crippen LogP contribution in [0.1, 0.15) is 17.0 Å². The fourth-order valence-corrected chi connectivity index (χ4v) is 1.80. The molecule has 0 bridgehead atoms. The Labute approximate surface area is 92.8 Å². The third-order valence-corrected chi connectivity index (χ3v) is 2.55. The predicted molar refractivity (Wildman–Crippen MR) is 56.7 cm³/mol. The lowest BCUT2D eigenvalue weighted by Crippen LogP contribution is -2.21. The standard InChI is InChI=1S/C11H13NO4/c1-6-2-7(8(4-12)11(13)14)10-9(3-6)15-5-16-10/h2-3,8H,4-5,12H2,1H3,(H,13,14). The maximum Gasteiger partial charge on any atom is 0.312 e. The van der Waals surface area contributed by atoms with Gasteiger partial charge in [-0.05, 0) is 18.6 Å².